The minimum Gasteiger partial charge on any atom is -0.484 e. The lowest BCUT2D eigenvalue weighted by molar-refractivity contribution is 0.169. The molecule has 0 saturated carbocycles. The first-order valence-corrected chi connectivity index (χ1v) is 7.49. The van der Waals surface area contributed by atoms with Crippen LogP contribution < -0.4 is 10.5 Å². The van der Waals surface area contributed by atoms with Crippen molar-refractivity contribution in [3.05, 3.63) is 58.3 Å². The summed E-state index contributed by atoms with van der Waals surface area (Å²) >= 11 is 3.48. The highest BCUT2D eigenvalue weighted by Crippen LogP contribution is 2.29. The zero-order valence-electron chi connectivity index (χ0n) is 11.7. The van der Waals surface area contributed by atoms with Gasteiger partial charge in [-0.1, -0.05) is 28.9 Å². The van der Waals surface area contributed by atoms with Crippen molar-refractivity contribution in [1.82, 2.24) is 4.98 Å². The summed E-state index contributed by atoms with van der Waals surface area (Å²) in [6.45, 7) is 4.10. The maximum absolute atomic E-state index is 6.23. The van der Waals surface area contributed by atoms with Crippen molar-refractivity contribution in [2.45, 2.75) is 32.4 Å². The quantitative estimate of drug-likeness (QED) is 0.898. The Bertz CT molecular complexity index is 560. The Morgan fingerprint density at radius 2 is 1.95 bits per heavy atom. The molecule has 2 rings (SSSR count). The molecule has 0 bridgehead atoms. The van der Waals surface area contributed by atoms with Crippen LogP contribution >= 0.6 is 15.9 Å². The number of benzene rings is 1. The normalized spacial score (nSPS) is 13.8. The Morgan fingerprint density at radius 3 is 2.60 bits per heavy atom. The van der Waals surface area contributed by atoms with E-state index in [-0.39, 0.29) is 12.1 Å². The molecule has 0 fully saturated rings. The lowest BCUT2D eigenvalue weighted by Gasteiger charge is -2.25. The van der Waals surface area contributed by atoms with Gasteiger partial charge in [-0.05, 0) is 48.7 Å². The van der Waals surface area contributed by atoms with Crippen LogP contribution in [0.25, 0.3) is 0 Å². The van der Waals surface area contributed by atoms with Crippen molar-refractivity contribution in [2.24, 2.45) is 5.73 Å². The SMILES string of the molecule is CCC(N)C(Oc1cc(Br)ccc1C)c1ccncc1. The fourth-order valence-electron chi connectivity index (χ4n) is 2.01. The fourth-order valence-corrected chi connectivity index (χ4v) is 2.35. The molecule has 2 unspecified atom stereocenters. The van der Waals surface area contributed by atoms with Crippen LogP contribution in [0.2, 0.25) is 0 Å². The molecule has 1 aromatic carbocycles. The number of pyridine rings is 1. The first-order chi connectivity index (χ1) is 9.61. The largest absolute Gasteiger partial charge is 0.484 e. The number of ether oxygens (including phenoxy) is 1. The van der Waals surface area contributed by atoms with E-state index in [4.69, 9.17) is 10.5 Å². The molecule has 0 aliphatic heterocycles. The third-order valence-corrected chi connectivity index (χ3v) is 3.79. The second-order valence-corrected chi connectivity index (χ2v) is 5.72. The van der Waals surface area contributed by atoms with Crippen molar-refractivity contribution in [1.29, 1.82) is 0 Å². The highest BCUT2D eigenvalue weighted by atomic mass is 79.9. The van der Waals surface area contributed by atoms with Crippen LogP contribution in [0.3, 0.4) is 0 Å². The molecule has 4 heteroatoms. The predicted octanol–water partition coefficient (Wildman–Crippen LogP) is 4.01. The predicted molar refractivity (Wildman–Crippen MR) is 84.8 cm³/mol. The summed E-state index contributed by atoms with van der Waals surface area (Å²) in [7, 11) is 0. The van der Waals surface area contributed by atoms with Crippen molar-refractivity contribution in [2.75, 3.05) is 0 Å². The monoisotopic (exact) mass is 334 g/mol. The lowest BCUT2D eigenvalue weighted by atomic mass is 10.0. The molecule has 0 aliphatic rings. The fraction of sp³-hybridized carbons (Fsp3) is 0.312. The number of hydrogen-bond acceptors (Lipinski definition) is 3. The van der Waals surface area contributed by atoms with Gasteiger partial charge in [-0.3, -0.25) is 4.98 Å². The van der Waals surface area contributed by atoms with Gasteiger partial charge < -0.3 is 10.5 Å². The topological polar surface area (TPSA) is 48.1 Å². The summed E-state index contributed by atoms with van der Waals surface area (Å²) in [5, 5.41) is 0. The Morgan fingerprint density at radius 1 is 1.25 bits per heavy atom. The summed E-state index contributed by atoms with van der Waals surface area (Å²) in [4.78, 5) is 4.05. The standard InChI is InChI=1S/C16H19BrN2O/c1-3-14(18)16(12-6-8-19-9-7-12)20-15-10-13(17)5-4-11(15)2/h4-10,14,16H,3,18H2,1-2H3. The molecule has 0 radical (unpaired) electrons. The molecule has 2 aromatic rings. The van der Waals surface area contributed by atoms with Crippen LogP contribution in [-0.4, -0.2) is 11.0 Å². The molecule has 20 heavy (non-hydrogen) atoms. The molecule has 1 aromatic heterocycles. The molecule has 0 aliphatic carbocycles. The van der Waals surface area contributed by atoms with Gasteiger partial charge in [0, 0.05) is 22.9 Å². The third kappa shape index (κ3) is 3.58. The highest BCUT2D eigenvalue weighted by Gasteiger charge is 2.21. The van der Waals surface area contributed by atoms with E-state index in [0.717, 1.165) is 27.8 Å². The van der Waals surface area contributed by atoms with Gasteiger partial charge in [-0.15, -0.1) is 0 Å². The van der Waals surface area contributed by atoms with Crippen molar-refractivity contribution < 1.29 is 4.74 Å². The number of nitrogens with zero attached hydrogens (tertiary/aromatic N) is 1. The van der Waals surface area contributed by atoms with Gasteiger partial charge in [0.1, 0.15) is 11.9 Å². The van der Waals surface area contributed by atoms with E-state index in [0.29, 0.717) is 0 Å². The van der Waals surface area contributed by atoms with Crippen LogP contribution in [0.1, 0.15) is 30.6 Å². The lowest BCUT2D eigenvalue weighted by Crippen LogP contribution is -2.31. The summed E-state index contributed by atoms with van der Waals surface area (Å²) in [5.41, 5.74) is 8.37. The van der Waals surface area contributed by atoms with Gasteiger partial charge >= 0.3 is 0 Å². The van der Waals surface area contributed by atoms with Crippen LogP contribution in [0.5, 0.6) is 5.75 Å². The number of aromatic nitrogens is 1. The van der Waals surface area contributed by atoms with Crippen LogP contribution in [0, 0.1) is 6.92 Å². The van der Waals surface area contributed by atoms with Crippen LogP contribution in [0.4, 0.5) is 0 Å². The highest BCUT2D eigenvalue weighted by molar-refractivity contribution is 9.10. The Labute approximate surface area is 128 Å². The summed E-state index contributed by atoms with van der Waals surface area (Å²) in [5.74, 6) is 0.852. The summed E-state index contributed by atoms with van der Waals surface area (Å²) < 4.78 is 7.18. The van der Waals surface area contributed by atoms with Crippen molar-refractivity contribution in [3.63, 3.8) is 0 Å². The molecule has 0 amide bonds. The van der Waals surface area contributed by atoms with Gasteiger partial charge in [0.2, 0.25) is 0 Å². The van der Waals surface area contributed by atoms with Gasteiger partial charge in [0.15, 0.2) is 0 Å². The zero-order valence-corrected chi connectivity index (χ0v) is 13.3. The maximum Gasteiger partial charge on any atom is 0.139 e. The zero-order chi connectivity index (χ0) is 14.5. The third-order valence-electron chi connectivity index (χ3n) is 3.30. The molecule has 2 atom stereocenters. The minimum absolute atomic E-state index is 0.0595. The van der Waals surface area contributed by atoms with Crippen LogP contribution in [0.15, 0.2) is 47.2 Å². The van der Waals surface area contributed by atoms with Crippen molar-refractivity contribution >= 4 is 15.9 Å². The summed E-state index contributed by atoms with van der Waals surface area (Å²) in [6, 6.07) is 9.85. The van der Waals surface area contributed by atoms with Gasteiger partial charge in [-0.2, -0.15) is 0 Å². The molecule has 0 saturated heterocycles. The van der Waals surface area contributed by atoms with Crippen molar-refractivity contribution in [3.8, 4) is 5.75 Å². The Kier molecular flexibility index (Phi) is 5.15. The summed E-state index contributed by atoms with van der Waals surface area (Å²) in [6.07, 6.45) is 4.21. The Balaban J connectivity index is 2.31. The van der Waals surface area contributed by atoms with E-state index in [1.807, 2.05) is 37.3 Å². The number of rotatable bonds is 5. The molecule has 2 N–H and O–H groups in total. The molecule has 106 valence electrons. The second-order valence-electron chi connectivity index (χ2n) is 4.80. The van der Waals surface area contributed by atoms with E-state index in [9.17, 15) is 0 Å². The molecule has 1 heterocycles. The maximum atomic E-state index is 6.23. The van der Waals surface area contributed by atoms with E-state index in [1.54, 1.807) is 12.4 Å². The molecular weight excluding hydrogens is 316 g/mol. The smallest absolute Gasteiger partial charge is 0.139 e. The Hall–Kier alpha value is -1.39. The molecule has 0 spiro atoms. The van der Waals surface area contributed by atoms with Gasteiger partial charge in [-0.25, -0.2) is 0 Å². The average Bonchev–Trinajstić information content (AvgIpc) is 2.48. The van der Waals surface area contributed by atoms with E-state index < -0.39 is 0 Å². The van der Waals surface area contributed by atoms with E-state index in [2.05, 4.69) is 27.8 Å². The van der Waals surface area contributed by atoms with Gasteiger partial charge in [0.25, 0.3) is 0 Å². The van der Waals surface area contributed by atoms with Gasteiger partial charge in [0.05, 0.1) is 0 Å². The number of hydrogen-bond donors (Lipinski definition) is 1. The number of aryl methyl sites for hydroxylation is 1. The van der Waals surface area contributed by atoms with Crippen LogP contribution in [-0.2, 0) is 0 Å². The average molecular weight is 335 g/mol. The first kappa shape index (κ1) is 15.0. The second kappa shape index (κ2) is 6.86. The first-order valence-electron chi connectivity index (χ1n) is 6.70. The van der Waals surface area contributed by atoms with E-state index in [1.165, 1.54) is 0 Å². The molecule has 3 nitrogen and oxygen atoms in total. The molecular formula is C16H19BrN2O. The number of halogens is 1. The minimum atomic E-state index is -0.170. The number of nitrogens with two attached hydrogens (primary N) is 1. The van der Waals surface area contributed by atoms with E-state index >= 15 is 0 Å².